The van der Waals surface area contributed by atoms with E-state index >= 15 is 0 Å². The fourth-order valence-electron chi connectivity index (χ4n) is 2.64. The zero-order valence-electron chi connectivity index (χ0n) is 14.6. The molecule has 0 amide bonds. The molecule has 10 heteroatoms. The van der Waals surface area contributed by atoms with E-state index in [0.29, 0.717) is 5.82 Å². The van der Waals surface area contributed by atoms with Crippen LogP contribution in [-0.2, 0) is 10.4 Å². The summed E-state index contributed by atoms with van der Waals surface area (Å²) in [6.45, 7) is 7.54. The maximum absolute atomic E-state index is 11.1. The van der Waals surface area contributed by atoms with Crippen LogP contribution >= 0.6 is 0 Å². The summed E-state index contributed by atoms with van der Waals surface area (Å²) in [5.41, 5.74) is 8.10. The van der Waals surface area contributed by atoms with E-state index in [0.717, 1.165) is 36.3 Å². The molecule has 25 heavy (non-hydrogen) atoms. The highest BCUT2D eigenvalue weighted by Gasteiger charge is 2.23. The van der Waals surface area contributed by atoms with Crippen molar-refractivity contribution in [1.29, 1.82) is 0 Å². The number of nitrogens with zero attached hydrogens (tertiary/aromatic N) is 2. The number of anilines is 3. The Morgan fingerprint density at radius 1 is 1.40 bits per heavy atom. The third-order valence-electron chi connectivity index (χ3n) is 3.57. The van der Waals surface area contributed by atoms with Crippen LogP contribution in [0.2, 0.25) is 0 Å². The SMILES string of the molecule is CC1=CCCCN(c2cc(N)[n+](OS(=O)(=O)O)c(NC(C)C)c2)C1.[OH-]. The first kappa shape index (κ1) is 21.0. The summed E-state index contributed by atoms with van der Waals surface area (Å²) in [7, 11) is -4.69. The van der Waals surface area contributed by atoms with Crippen LogP contribution in [0.5, 0.6) is 0 Å². The maximum atomic E-state index is 11.1. The first-order chi connectivity index (χ1) is 11.2. The van der Waals surface area contributed by atoms with Crippen molar-refractivity contribution < 1.29 is 27.5 Å². The van der Waals surface area contributed by atoms with Gasteiger partial charge in [0.05, 0.1) is 11.7 Å². The predicted molar refractivity (Wildman–Crippen MR) is 95.1 cm³/mol. The lowest BCUT2D eigenvalue weighted by molar-refractivity contribution is -0.833. The van der Waals surface area contributed by atoms with Crippen LogP contribution in [-0.4, -0.2) is 37.6 Å². The van der Waals surface area contributed by atoms with Crippen molar-refractivity contribution in [2.24, 2.45) is 0 Å². The predicted octanol–water partition coefficient (Wildman–Crippen LogP) is 0.978. The monoisotopic (exact) mass is 374 g/mol. The summed E-state index contributed by atoms with van der Waals surface area (Å²) < 4.78 is 36.6. The molecule has 2 heterocycles. The number of rotatable bonds is 5. The summed E-state index contributed by atoms with van der Waals surface area (Å²) in [6.07, 6.45) is 4.29. The Morgan fingerprint density at radius 2 is 2.08 bits per heavy atom. The molecular formula is C15H26N4O5S. The van der Waals surface area contributed by atoms with Gasteiger partial charge in [-0.2, -0.15) is 8.42 Å². The minimum Gasteiger partial charge on any atom is -0.870 e. The Balaban J connectivity index is 0.00000312. The molecule has 0 fully saturated rings. The minimum atomic E-state index is -4.69. The molecule has 0 radical (unpaired) electrons. The number of hydrogen-bond acceptors (Lipinski definition) is 7. The normalized spacial score (nSPS) is 15.2. The lowest BCUT2D eigenvalue weighted by Gasteiger charge is -2.24. The molecule has 9 nitrogen and oxygen atoms in total. The number of pyridine rings is 1. The second-order valence-corrected chi connectivity index (χ2v) is 7.24. The van der Waals surface area contributed by atoms with Crippen molar-refractivity contribution in [3.8, 4) is 0 Å². The number of nitrogens with one attached hydrogen (secondary N) is 1. The Labute approximate surface area is 148 Å². The molecule has 2 rings (SSSR count). The first-order valence-electron chi connectivity index (χ1n) is 7.86. The number of aromatic nitrogens is 1. The summed E-state index contributed by atoms with van der Waals surface area (Å²) >= 11 is 0. The van der Waals surface area contributed by atoms with E-state index in [9.17, 15) is 8.42 Å². The van der Waals surface area contributed by atoms with Gasteiger partial charge >= 0.3 is 10.4 Å². The third-order valence-corrected chi connectivity index (χ3v) is 3.91. The van der Waals surface area contributed by atoms with Gasteiger partial charge in [0.2, 0.25) is 0 Å². The second-order valence-electron chi connectivity index (χ2n) is 6.23. The molecule has 1 aliphatic heterocycles. The second kappa shape index (κ2) is 8.37. The van der Waals surface area contributed by atoms with E-state index < -0.39 is 10.4 Å². The molecule has 0 saturated heterocycles. The standard InChI is InChI=1S/C15H24N4O4S.H2O/c1-11(2)17-15-9-13(18-7-5-4-6-12(3)10-18)8-14(16)19(15)23-24(20,21)22;/h6,8-9,11H,4-5,7,10H2,1-3H3,(H3,16,17,20,21,22);1H2. The molecule has 0 unspecified atom stereocenters. The molecule has 5 N–H and O–H groups in total. The number of hydrogen-bond donors (Lipinski definition) is 3. The maximum Gasteiger partial charge on any atom is 0.476 e. The molecule has 0 spiro atoms. The number of allylic oxidation sites excluding steroid dienone is 1. The highest BCUT2D eigenvalue weighted by atomic mass is 32.3. The summed E-state index contributed by atoms with van der Waals surface area (Å²) in [5.74, 6) is 0.419. The van der Waals surface area contributed by atoms with E-state index in [1.807, 2.05) is 13.8 Å². The van der Waals surface area contributed by atoms with Gasteiger partial charge in [0, 0.05) is 25.2 Å². The van der Waals surface area contributed by atoms with Crippen molar-refractivity contribution in [2.45, 2.75) is 39.7 Å². The average molecular weight is 374 g/mol. The van der Waals surface area contributed by atoms with Gasteiger partial charge in [0.15, 0.2) is 0 Å². The summed E-state index contributed by atoms with van der Waals surface area (Å²) in [6, 6.07) is 3.41. The van der Waals surface area contributed by atoms with Crippen molar-refractivity contribution >= 4 is 27.7 Å². The van der Waals surface area contributed by atoms with Crippen LogP contribution in [0.15, 0.2) is 23.8 Å². The Morgan fingerprint density at radius 3 is 2.68 bits per heavy atom. The minimum absolute atomic E-state index is 0. The fourth-order valence-corrected chi connectivity index (χ4v) is 3.00. The van der Waals surface area contributed by atoms with Gasteiger partial charge in [-0.25, -0.2) is 4.28 Å². The zero-order chi connectivity index (χ0) is 17.9. The summed E-state index contributed by atoms with van der Waals surface area (Å²) in [5, 5.41) is 3.08. The fraction of sp³-hybridized carbons (Fsp3) is 0.533. The van der Waals surface area contributed by atoms with Gasteiger partial charge < -0.3 is 21.4 Å². The largest absolute Gasteiger partial charge is 0.870 e. The lowest BCUT2D eigenvalue weighted by atomic mass is 10.2. The molecular weight excluding hydrogens is 348 g/mol. The lowest BCUT2D eigenvalue weighted by Crippen LogP contribution is -2.50. The van der Waals surface area contributed by atoms with Crippen molar-refractivity contribution in [3.63, 3.8) is 0 Å². The van der Waals surface area contributed by atoms with E-state index in [1.165, 1.54) is 5.57 Å². The molecule has 1 aromatic rings. The van der Waals surface area contributed by atoms with Crippen LogP contribution in [0.1, 0.15) is 33.6 Å². The van der Waals surface area contributed by atoms with E-state index in [4.69, 9.17) is 10.3 Å². The van der Waals surface area contributed by atoms with Crippen LogP contribution in [0.25, 0.3) is 0 Å². The zero-order valence-corrected chi connectivity index (χ0v) is 15.5. The van der Waals surface area contributed by atoms with Gasteiger partial charge in [-0.05, 0) is 38.3 Å². The van der Waals surface area contributed by atoms with Crippen molar-refractivity contribution in [3.05, 3.63) is 23.8 Å². The van der Waals surface area contributed by atoms with Crippen LogP contribution < -0.4 is 25.0 Å². The molecule has 1 aromatic heterocycles. The van der Waals surface area contributed by atoms with Crippen LogP contribution in [0, 0.1) is 0 Å². The Hall–Kier alpha value is -2.04. The first-order valence-corrected chi connectivity index (χ1v) is 9.22. The van der Waals surface area contributed by atoms with Gasteiger partial charge in [-0.15, -0.1) is 0 Å². The smallest absolute Gasteiger partial charge is 0.476 e. The molecule has 0 aliphatic carbocycles. The molecule has 0 saturated carbocycles. The van der Waals surface area contributed by atoms with E-state index in [-0.39, 0.29) is 17.3 Å². The van der Waals surface area contributed by atoms with Gasteiger partial charge in [-0.3, -0.25) is 4.55 Å². The molecule has 0 aromatic carbocycles. The topological polar surface area (TPSA) is 139 Å². The van der Waals surface area contributed by atoms with E-state index in [1.54, 1.807) is 12.1 Å². The molecule has 1 aliphatic rings. The number of nitrogens with two attached hydrogens (primary N) is 1. The molecule has 142 valence electrons. The highest BCUT2D eigenvalue weighted by Crippen LogP contribution is 2.23. The van der Waals surface area contributed by atoms with Gasteiger partial charge in [0.1, 0.15) is 0 Å². The van der Waals surface area contributed by atoms with Gasteiger partial charge in [0.25, 0.3) is 11.6 Å². The highest BCUT2D eigenvalue weighted by molar-refractivity contribution is 7.80. The Kier molecular flexibility index (Phi) is 7.03. The third kappa shape index (κ3) is 6.07. The average Bonchev–Trinajstić information content (AvgIpc) is 2.65. The molecule has 0 bridgehead atoms. The van der Waals surface area contributed by atoms with Gasteiger partial charge in [-0.1, -0.05) is 11.6 Å². The van der Waals surface area contributed by atoms with Crippen molar-refractivity contribution in [2.75, 3.05) is 29.0 Å². The number of nitrogen functional groups attached to an aromatic ring is 1. The van der Waals surface area contributed by atoms with Crippen LogP contribution in [0.4, 0.5) is 17.3 Å². The Bertz CT molecular complexity index is 734. The molecule has 0 atom stereocenters. The summed E-state index contributed by atoms with van der Waals surface area (Å²) in [4.78, 5) is 2.18. The van der Waals surface area contributed by atoms with Crippen molar-refractivity contribution in [1.82, 2.24) is 0 Å². The van der Waals surface area contributed by atoms with Crippen LogP contribution in [0.3, 0.4) is 0 Å². The van der Waals surface area contributed by atoms with E-state index in [2.05, 4.69) is 27.5 Å². The quantitative estimate of drug-likeness (QED) is 0.394.